The fraction of sp³-hybridized carbons (Fsp3) is 0.385. The Morgan fingerprint density at radius 2 is 1.94 bits per heavy atom. The molecule has 8 heteroatoms. The molecule has 5 N–H and O–H groups in total. The van der Waals surface area contributed by atoms with E-state index in [2.05, 4.69) is 58.8 Å². The summed E-state index contributed by atoms with van der Waals surface area (Å²) in [6, 6.07) is 10.3. The molecule has 8 nitrogen and oxygen atoms in total. The molecule has 0 atom stereocenters. The summed E-state index contributed by atoms with van der Waals surface area (Å²) >= 11 is 0. The number of benzene rings is 1. The SMILES string of the molecule is CC(C)NC(=O)c1cnc(Nc2ccc3c(c2)CCNC3)nc1[NH2+]c1ccnc(C(C)(C)C)c1. The van der Waals surface area contributed by atoms with Gasteiger partial charge in [-0.25, -0.2) is 4.98 Å². The van der Waals surface area contributed by atoms with Crippen molar-refractivity contribution in [1.29, 1.82) is 0 Å². The molecule has 3 aromatic rings. The summed E-state index contributed by atoms with van der Waals surface area (Å²) in [4.78, 5) is 26.6. The summed E-state index contributed by atoms with van der Waals surface area (Å²) in [5.41, 5.74) is 5.85. The van der Waals surface area contributed by atoms with Crippen molar-refractivity contribution in [1.82, 2.24) is 25.6 Å². The number of nitrogens with one attached hydrogen (secondary N) is 3. The van der Waals surface area contributed by atoms with Gasteiger partial charge in [0, 0.05) is 42.0 Å². The lowest BCUT2D eigenvalue weighted by Crippen LogP contribution is -2.72. The van der Waals surface area contributed by atoms with Crippen LogP contribution in [0.5, 0.6) is 0 Å². The second-order valence-corrected chi connectivity index (χ2v) is 10.0. The number of hydrogen-bond acceptors (Lipinski definition) is 6. The second kappa shape index (κ2) is 9.87. The molecule has 1 aliphatic rings. The first-order valence-electron chi connectivity index (χ1n) is 11.8. The number of hydrogen-bond donors (Lipinski definition) is 4. The molecule has 0 unspecified atom stereocenters. The number of carbonyl (C=O) groups excluding carboxylic acids is 1. The summed E-state index contributed by atoms with van der Waals surface area (Å²) in [6.45, 7) is 12.1. The van der Waals surface area contributed by atoms with E-state index in [-0.39, 0.29) is 17.4 Å². The maximum Gasteiger partial charge on any atom is 0.260 e. The Kier molecular flexibility index (Phi) is 6.90. The quantitative estimate of drug-likeness (QED) is 0.450. The molecule has 0 fully saturated rings. The first kappa shape index (κ1) is 23.8. The zero-order chi connectivity index (χ0) is 24.3. The van der Waals surface area contributed by atoms with Crippen molar-refractivity contribution in [2.75, 3.05) is 11.9 Å². The van der Waals surface area contributed by atoms with Crippen molar-refractivity contribution in [3.05, 3.63) is 65.1 Å². The van der Waals surface area contributed by atoms with Crippen molar-refractivity contribution >= 4 is 29.0 Å². The summed E-state index contributed by atoms with van der Waals surface area (Å²) < 4.78 is 0. The van der Waals surface area contributed by atoms with Crippen LogP contribution in [0, 0.1) is 0 Å². The molecule has 3 heterocycles. The predicted octanol–water partition coefficient (Wildman–Crippen LogP) is 3.22. The zero-order valence-electron chi connectivity index (χ0n) is 20.6. The number of fused-ring (bicyclic) bond motifs is 1. The third kappa shape index (κ3) is 5.76. The highest BCUT2D eigenvalue weighted by molar-refractivity contribution is 5.97. The van der Waals surface area contributed by atoms with Gasteiger partial charge in [-0.05, 0) is 50.1 Å². The molecule has 4 rings (SSSR count). The summed E-state index contributed by atoms with van der Waals surface area (Å²) in [5, 5.41) is 11.6. The van der Waals surface area contributed by atoms with Gasteiger partial charge in [-0.15, -0.1) is 0 Å². The molecule has 0 spiro atoms. The molecule has 178 valence electrons. The Bertz CT molecular complexity index is 1180. The lowest BCUT2D eigenvalue weighted by molar-refractivity contribution is -0.483. The molecule has 0 radical (unpaired) electrons. The first-order chi connectivity index (χ1) is 16.2. The zero-order valence-corrected chi connectivity index (χ0v) is 20.6. The predicted molar refractivity (Wildman–Crippen MR) is 134 cm³/mol. The van der Waals surface area contributed by atoms with Gasteiger partial charge in [0.15, 0.2) is 0 Å². The molecule has 0 aliphatic carbocycles. The number of amides is 1. The Morgan fingerprint density at radius 3 is 2.71 bits per heavy atom. The highest BCUT2D eigenvalue weighted by Crippen LogP contribution is 2.23. The largest absolute Gasteiger partial charge is 0.350 e. The van der Waals surface area contributed by atoms with E-state index in [4.69, 9.17) is 4.98 Å². The van der Waals surface area contributed by atoms with Crippen molar-refractivity contribution in [2.45, 2.75) is 59.0 Å². The van der Waals surface area contributed by atoms with Gasteiger partial charge >= 0.3 is 0 Å². The van der Waals surface area contributed by atoms with Crippen LogP contribution < -0.4 is 21.3 Å². The van der Waals surface area contributed by atoms with Crippen molar-refractivity contribution in [2.24, 2.45) is 0 Å². The molecule has 2 aromatic heterocycles. The fourth-order valence-corrected chi connectivity index (χ4v) is 3.87. The molecule has 1 aromatic carbocycles. The second-order valence-electron chi connectivity index (χ2n) is 10.0. The van der Waals surface area contributed by atoms with Crippen molar-refractivity contribution in [3.63, 3.8) is 0 Å². The van der Waals surface area contributed by atoms with E-state index in [0.29, 0.717) is 17.3 Å². The molecule has 34 heavy (non-hydrogen) atoms. The number of nitrogens with zero attached hydrogens (tertiary/aromatic N) is 3. The van der Waals surface area contributed by atoms with E-state index in [1.807, 2.05) is 37.4 Å². The van der Waals surface area contributed by atoms with Crippen LogP contribution in [0.1, 0.15) is 61.8 Å². The molecular formula is C26H34N7O+. The van der Waals surface area contributed by atoms with Gasteiger partial charge in [0.2, 0.25) is 11.8 Å². The molecule has 1 amide bonds. The Morgan fingerprint density at radius 1 is 1.12 bits per heavy atom. The summed E-state index contributed by atoms with van der Waals surface area (Å²) in [6.07, 6.45) is 4.38. The summed E-state index contributed by atoms with van der Waals surface area (Å²) in [7, 11) is 0. The number of anilines is 2. The maximum absolute atomic E-state index is 12.9. The smallest absolute Gasteiger partial charge is 0.260 e. The lowest BCUT2D eigenvalue weighted by atomic mass is 9.91. The number of rotatable bonds is 6. The normalized spacial score (nSPS) is 13.5. The minimum atomic E-state index is -0.195. The highest BCUT2D eigenvalue weighted by Gasteiger charge is 2.22. The molecular weight excluding hydrogens is 426 g/mol. The summed E-state index contributed by atoms with van der Waals surface area (Å²) in [5.74, 6) is 0.814. The van der Waals surface area contributed by atoms with E-state index < -0.39 is 0 Å². The van der Waals surface area contributed by atoms with E-state index in [9.17, 15) is 4.79 Å². The van der Waals surface area contributed by atoms with Gasteiger partial charge in [-0.3, -0.25) is 15.1 Å². The maximum atomic E-state index is 12.9. The van der Waals surface area contributed by atoms with Crippen LogP contribution in [0.3, 0.4) is 0 Å². The van der Waals surface area contributed by atoms with E-state index in [0.717, 1.165) is 36.6 Å². The molecule has 0 saturated carbocycles. The number of quaternary nitrogens is 1. The number of aromatic nitrogens is 3. The molecule has 0 saturated heterocycles. The Labute approximate surface area is 201 Å². The van der Waals surface area contributed by atoms with Gasteiger partial charge in [-0.2, -0.15) is 4.98 Å². The van der Waals surface area contributed by atoms with E-state index in [1.165, 1.54) is 11.1 Å². The fourth-order valence-electron chi connectivity index (χ4n) is 3.87. The first-order valence-corrected chi connectivity index (χ1v) is 11.8. The molecule has 1 aliphatic heterocycles. The number of nitrogens with two attached hydrogens (primary N) is 1. The van der Waals surface area contributed by atoms with Crippen LogP contribution in [-0.2, 0) is 18.4 Å². The monoisotopic (exact) mass is 460 g/mol. The standard InChI is InChI=1S/C26H33N7O/c1-16(2)30-24(34)21-15-29-25(32-19-7-6-18-14-27-10-8-17(18)12-19)33-23(21)31-20-9-11-28-22(13-20)26(3,4)5/h6-7,9,11-13,15-16,27H,8,10,14H2,1-5H3,(H,30,34)(H2,28,29,31,32,33)/p+1. The highest BCUT2D eigenvalue weighted by atomic mass is 16.1. The van der Waals surface area contributed by atoms with Crippen LogP contribution >= 0.6 is 0 Å². The number of carbonyl (C=O) groups is 1. The van der Waals surface area contributed by atoms with Gasteiger partial charge in [0.25, 0.3) is 5.91 Å². The van der Waals surface area contributed by atoms with Crippen molar-refractivity contribution in [3.8, 4) is 0 Å². The third-order valence-electron chi connectivity index (χ3n) is 5.69. The van der Waals surface area contributed by atoms with Gasteiger partial charge in [-0.1, -0.05) is 26.8 Å². The Balaban J connectivity index is 1.65. The van der Waals surface area contributed by atoms with Crippen LogP contribution in [0.15, 0.2) is 42.7 Å². The van der Waals surface area contributed by atoms with E-state index in [1.54, 1.807) is 12.4 Å². The van der Waals surface area contributed by atoms with Crippen LogP contribution in [-0.4, -0.2) is 33.4 Å². The van der Waals surface area contributed by atoms with E-state index >= 15 is 0 Å². The minimum Gasteiger partial charge on any atom is -0.350 e. The van der Waals surface area contributed by atoms with Crippen LogP contribution in [0.25, 0.3) is 0 Å². The van der Waals surface area contributed by atoms with Crippen LogP contribution in [0.4, 0.5) is 23.1 Å². The average Bonchev–Trinajstić information content (AvgIpc) is 2.78. The topological polar surface area (TPSA) is 108 Å². The Hall–Kier alpha value is -3.36. The van der Waals surface area contributed by atoms with Gasteiger partial charge in [0.05, 0.1) is 11.9 Å². The van der Waals surface area contributed by atoms with Crippen LogP contribution in [0.2, 0.25) is 0 Å². The number of pyridine rings is 1. The third-order valence-corrected chi connectivity index (χ3v) is 5.69. The van der Waals surface area contributed by atoms with Crippen molar-refractivity contribution < 1.29 is 10.1 Å². The van der Waals surface area contributed by atoms with Gasteiger partial charge < -0.3 is 16.0 Å². The minimum absolute atomic E-state index is 0.0107. The molecule has 0 bridgehead atoms. The average molecular weight is 461 g/mol. The lowest BCUT2D eigenvalue weighted by Gasteiger charge is -2.18. The van der Waals surface area contributed by atoms with Gasteiger partial charge in [0.1, 0.15) is 11.3 Å².